The number of phenols is 2. The molecular formula is C20H20Cl2O6. The molecule has 0 fully saturated rings. The van der Waals surface area contributed by atoms with E-state index >= 15 is 0 Å². The van der Waals surface area contributed by atoms with Crippen molar-refractivity contribution in [2.45, 2.75) is 25.7 Å². The van der Waals surface area contributed by atoms with Crippen molar-refractivity contribution in [3.63, 3.8) is 0 Å². The van der Waals surface area contributed by atoms with Gasteiger partial charge in [-0.15, -0.1) is 0 Å². The number of aliphatic carboxylic acids is 2. The van der Waals surface area contributed by atoms with E-state index in [9.17, 15) is 24.9 Å². The predicted octanol–water partition coefficient (Wildman–Crippen LogP) is 4.37. The van der Waals surface area contributed by atoms with E-state index < -0.39 is 23.8 Å². The first-order chi connectivity index (χ1) is 13.2. The minimum atomic E-state index is -1.05. The highest BCUT2D eigenvalue weighted by Crippen LogP contribution is 2.31. The number of halogens is 2. The zero-order valence-electron chi connectivity index (χ0n) is 14.8. The molecule has 4 N–H and O–H groups in total. The van der Waals surface area contributed by atoms with Crippen molar-refractivity contribution in [2.75, 3.05) is 0 Å². The Morgan fingerprint density at radius 2 is 1.36 bits per heavy atom. The fourth-order valence-corrected chi connectivity index (χ4v) is 3.53. The van der Waals surface area contributed by atoms with Gasteiger partial charge in [0.15, 0.2) is 0 Å². The van der Waals surface area contributed by atoms with Gasteiger partial charge in [0.1, 0.15) is 11.5 Å². The summed E-state index contributed by atoms with van der Waals surface area (Å²) in [5.41, 5.74) is 1.33. The molecule has 0 aliphatic rings. The van der Waals surface area contributed by atoms with Crippen LogP contribution >= 0.6 is 23.2 Å². The highest BCUT2D eigenvalue weighted by molar-refractivity contribution is 6.32. The summed E-state index contributed by atoms with van der Waals surface area (Å²) in [6.07, 6.45) is 0.411. The van der Waals surface area contributed by atoms with Crippen molar-refractivity contribution in [3.05, 3.63) is 57.6 Å². The minimum absolute atomic E-state index is 0.0824. The van der Waals surface area contributed by atoms with Crippen molar-refractivity contribution < 1.29 is 30.0 Å². The Bertz CT molecular complexity index is 868. The van der Waals surface area contributed by atoms with Gasteiger partial charge >= 0.3 is 11.9 Å². The average molecular weight is 427 g/mol. The molecule has 2 rings (SSSR count). The van der Waals surface area contributed by atoms with Crippen molar-refractivity contribution in [1.29, 1.82) is 0 Å². The highest BCUT2D eigenvalue weighted by atomic mass is 35.5. The smallest absolute Gasteiger partial charge is 0.307 e. The minimum Gasteiger partial charge on any atom is -0.506 e. The van der Waals surface area contributed by atoms with Gasteiger partial charge in [-0.3, -0.25) is 9.59 Å². The molecule has 2 atom stereocenters. The van der Waals surface area contributed by atoms with E-state index in [1.807, 2.05) is 0 Å². The number of hydrogen-bond donors (Lipinski definition) is 4. The van der Waals surface area contributed by atoms with E-state index in [2.05, 4.69) is 0 Å². The molecule has 2 aromatic rings. The van der Waals surface area contributed by atoms with Crippen molar-refractivity contribution in [1.82, 2.24) is 0 Å². The Morgan fingerprint density at radius 3 is 1.79 bits per heavy atom. The normalized spacial score (nSPS) is 13.1. The van der Waals surface area contributed by atoms with E-state index in [-0.39, 0.29) is 47.2 Å². The summed E-state index contributed by atoms with van der Waals surface area (Å²) in [5, 5.41) is 38.2. The Labute approximate surface area is 172 Å². The van der Waals surface area contributed by atoms with Gasteiger partial charge in [0.2, 0.25) is 0 Å². The Morgan fingerprint density at radius 1 is 0.857 bits per heavy atom. The number of carbonyl (C=O) groups is 2. The molecular weight excluding hydrogens is 407 g/mol. The number of carboxylic acids is 2. The molecule has 2 aromatic carbocycles. The first kappa shape index (κ1) is 21.9. The second-order valence-electron chi connectivity index (χ2n) is 6.62. The van der Waals surface area contributed by atoms with Crippen LogP contribution in [0.25, 0.3) is 0 Å². The molecule has 0 heterocycles. The Balaban J connectivity index is 2.29. The molecule has 150 valence electrons. The van der Waals surface area contributed by atoms with Gasteiger partial charge in [-0.2, -0.15) is 0 Å². The van der Waals surface area contributed by atoms with Gasteiger partial charge in [-0.05, 0) is 60.6 Å². The average Bonchev–Trinajstić information content (AvgIpc) is 2.62. The van der Waals surface area contributed by atoms with Crippen LogP contribution in [0.5, 0.6) is 11.5 Å². The van der Waals surface area contributed by atoms with E-state index in [1.165, 1.54) is 18.2 Å². The standard InChI is InChI=1S/C20H20Cl2O6/c21-15-9-11(1-4-17(15)23)7-13(3-6-19(25)26)14(20(27)28)8-12-2-5-18(24)16(22)10-12/h1-2,4-5,9-10,13-14,23-24H,3,6-8H2,(H,25,26)(H,27,28)/t13-,14-/m0/s1. The predicted molar refractivity (Wildman–Crippen MR) is 105 cm³/mol. The summed E-state index contributed by atoms with van der Waals surface area (Å²) in [6.45, 7) is 0. The zero-order valence-corrected chi connectivity index (χ0v) is 16.3. The molecule has 0 aliphatic heterocycles. The molecule has 8 heteroatoms. The number of aromatic hydroxyl groups is 2. The number of phenolic OH excluding ortho intramolecular Hbond substituents is 2. The van der Waals surface area contributed by atoms with Gasteiger partial charge in [-0.25, -0.2) is 0 Å². The maximum Gasteiger partial charge on any atom is 0.307 e. The third kappa shape index (κ3) is 6.04. The Hall–Kier alpha value is -2.44. The SMILES string of the molecule is O=C(O)CC[C@@H](Cc1ccc(O)c(Cl)c1)[C@H](Cc1ccc(O)c(Cl)c1)C(=O)O. The van der Waals surface area contributed by atoms with E-state index in [0.29, 0.717) is 11.1 Å². The van der Waals surface area contributed by atoms with Gasteiger partial charge in [-0.1, -0.05) is 35.3 Å². The monoisotopic (exact) mass is 426 g/mol. The molecule has 0 unspecified atom stereocenters. The first-order valence-electron chi connectivity index (χ1n) is 8.56. The summed E-state index contributed by atoms with van der Waals surface area (Å²) in [7, 11) is 0. The van der Waals surface area contributed by atoms with Crippen LogP contribution in [0.2, 0.25) is 10.0 Å². The van der Waals surface area contributed by atoms with Crippen LogP contribution in [-0.2, 0) is 22.4 Å². The topological polar surface area (TPSA) is 115 Å². The summed E-state index contributed by atoms with van der Waals surface area (Å²) >= 11 is 11.8. The second-order valence-corrected chi connectivity index (χ2v) is 7.43. The highest BCUT2D eigenvalue weighted by Gasteiger charge is 2.29. The second kappa shape index (κ2) is 9.66. The van der Waals surface area contributed by atoms with Crippen LogP contribution in [-0.4, -0.2) is 32.4 Å². The lowest BCUT2D eigenvalue weighted by atomic mass is 9.80. The van der Waals surface area contributed by atoms with E-state index in [0.717, 1.165) is 0 Å². The number of rotatable bonds is 9. The lowest BCUT2D eigenvalue weighted by Crippen LogP contribution is -2.28. The van der Waals surface area contributed by atoms with Gasteiger partial charge in [0.05, 0.1) is 16.0 Å². The van der Waals surface area contributed by atoms with E-state index in [4.69, 9.17) is 28.3 Å². The lowest BCUT2D eigenvalue weighted by Gasteiger charge is -2.24. The third-order valence-corrected chi connectivity index (χ3v) is 5.20. The molecule has 0 saturated heterocycles. The number of carboxylic acid groups (broad SMARTS) is 2. The van der Waals surface area contributed by atoms with Gasteiger partial charge in [0, 0.05) is 6.42 Å². The maximum atomic E-state index is 12.0. The van der Waals surface area contributed by atoms with Crippen LogP contribution in [0.3, 0.4) is 0 Å². The quantitative estimate of drug-likeness (QED) is 0.473. The number of hydrogen-bond acceptors (Lipinski definition) is 4. The third-order valence-electron chi connectivity index (χ3n) is 4.59. The molecule has 0 amide bonds. The molecule has 0 spiro atoms. The fourth-order valence-electron chi connectivity index (χ4n) is 3.12. The summed E-state index contributed by atoms with van der Waals surface area (Å²) in [4.78, 5) is 23.0. The van der Waals surface area contributed by atoms with Crippen molar-refractivity contribution >= 4 is 35.1 Å². The maximum absolute atomic E-state index is 12.0. The van der Waals surface area contributed by atoms with Gasteiger partial charge in [0.25, 0.3) is 0 Å². The summed E-state index contributed by atoms with van der Waals surface area (Å²) < 4.78 is 0. The molecule has 0 radical (unpaired) electrons. The van der Waals surface area contributed by atoms with Crippen LogP contribution in [0.1, 0.15) is 24.0 Å². The van der Waals surface area contributed by atoms with Crippen molar-refractivity contribution in [3.8, 4) is 11.5 Å². The van der Waals surface area contributed by atoms with E-state index in [1.54, 1.807) is 18.2 Å². The molecule has 6 nitrogen and oxygen atoms in total. The molecule has 28 heavy (non-hydrogen) atoms. The molecule has 0 aromatic heterocycles. The fraction of sp³-hybridized carbons (Fsp3) is 0.300. The van der Waals surface area contributed by atoms with Crippen LogP contribution < -0.4 is 0 Å². The Kier molecular flexibility index (Phi) is 7.54. The van der Waals surface area contributed by atoms with Crippen molar-refractivity contribution in [2.24, 2.45) is 11.8 Å². The van der Waals surface area contributed by atoms with Crippen LogP contribution in [0.4, 0.5) is 0 Å². The summed E-state index contributed by atoms with van der Waals surface area (Å²) in [6, 6.07) is 9.07. The molecule has 0 aliphatic carbocycles. The largest absolute Gasteiger partial charge is 0.506 e. The summed E-state index contributed by atoms with van der Waals surface area (Å²) in [5.74, 6) is -3.59. The van der Waals surface area contributed by atoms with Crippen LogP contribution in [0.15, 0.2) is 36.4 Å². The van der Waals surface area contributed by atoms with Crippen LogP contribution in [0, 0.1) is 11.8 Å². The number of benzene rings is 2. The lowest BCUT2D eigenvalue weighted by molar-refractivity contribution is -0.145. The first-order valence-corrected chi connectivity index (χ1v) is 9.32. The van der Waals surface area contributed by atoms with Gasteiger partial charge < -0.3 is 20.4 Å². The molecule has 0 saturated carbocycles. The molecule has 0 bridgehead atoms. The zero-order chi connectivity index (χ0) is 20.8.